The third-order valence-electron chi connectivity index (χ3n) is 2.55. The van der Waals surface area contributed by atoms with Gasteiger partial charge in [0.25, 0.3) is 0 Å². The lowest BCUT2D eigenvalue weighted by Gasteiger charge is -2.18. The normalized spacial score (nSPS) is 13.1. The molecular formula is C12H18Cl2N2. The molecule has 1 N–H and O–H groups in total. The molecule has 1 rings (SSSR count). The highest BCUT2D eigenvalue weighted by Crippen LogP contribution is 2.27. The second kappa shape index (κ2) is 6.43. The first-order chi connectivity index (χ1) is 7.54. The van der Waals surface area contributed by atoms with Crippen LogP contribution in [0.5, 0.6) is 0 Å². The van der Waals surface area contributed by atoms with Gasteiger partial charge in [-0.15, -0.1) is 0 Å². The molecule has 0 radical (unpaired) electrons. The Morgan fingerprint density at radius 1 is 1.31 bits per heavy atom. The molecule has 0 aliphatic carbocycles. The number of aromatic nitrogens is 1. The fraction of sp³-hybridized carbons (Fsp3) is 0.583. The van der Waals surface area contributed by atoms with E-state index in [9.17, 15) is 0 Å². The van der Waals surface area contributed by atoms with Gasteiger partial charge in [0.1, 0.15) is 0 Å². The van der Waals surface area contributed by atoms with Crippen molar-refractivity contribution in [3.8, 4) is 0 Å². The van der Waals surface area contributed by atoms with Crippen molar-refractivity contribution in [3.63, 3.8) is 0 Å². The zero-order valence-electron chi connectivity index (χ0n) is 9.93. The maximum atomic E-state index is 6.13. The van der Waals surface area contributed by atoms with E-state index in [4.69, 9.17) is 23.2 Å². The lowest BCUT2D eigenvalue weighted by Crippen LogP contribution is -2.18. The molecule has 1 atom stereocenters. The molecule has 90 valence electrons. The molecule has 4 heteroatoms. The molecule has 0 aliphatic heterocycles. The van der Waals surface area contributed by atoms with E-state index in [1.807, 2.05) is 7.05 Å². The molecule has 1 unspecified atom stereocenters. The largest absolute Gasteiger partial charge is 0.312 e. The topological polar surface area (TPSA) is 24.9 Å². The van der Waals surface area contributed by atoms with Crippen LogP contribution < -0.4 is 5.32 Å². The van der Waals surface area contributed by atoms with Gasteiger partial charge in [-0.2, -0.15) is 0 Å². The van der Waals surface area contributed by atoms with Crippen LogP contribution in [0.2, 0.25) is 10.0 Å². The SMILES string of the molecule is CNC(CCC(C)C)c1ncc(Cl)cc1Cl. The molecule has 0 amide bonds. The van der Waals surface area contributed by atoms with Crippen LogP contribution in [0.1, 0.15) is 38.4 Å². The van der Waals surface area contributed by atoms with Gasteiger partial charge in [0.2, 0.25) is 0 Å². The Labute approximate surface area is 107 Å². The van der Waals surface area contributed by atoms with Gasteiger partial charge in [-0.25, -0.2) is 0 Å². The van der Waals surface area contributed by atoms with Gasteiger partial charge in [0.15, 0.2) is 0 Å². The van der Waals surface area contributed by atoms with Gasteiger partial charge in [-0.05, 0) is 31.9 Å². The fourth-order valence-corrected chi connectivity index (χ4v) is 2.11. The number of hydrogen-bond acceptors (Lipinski definition) is 2. The average Bonchev–Trinajstić information content (AvgIpc) is 2.21. The van der Waals surface area contributed by atoms with E-state index >= 15 is 0 Å². The second-order valence-electron chi connectivity index (χ2n) is 4.33. The first-order valence-corrected chi connectivity index (χ1v) is 6.28. The molecule has 0 saturated heterocycles. The van der Waals surface area contributed by atoms with Crippen molar-refractivity contribution in [1.29, 1.82) is 0 Å². The first kappa shape index (κ1) is 13.8. The molecule has 2 nitrogen and oxygen atoms in total. The number of rotatable bonds is 5. The predicted octanol–water partition coefficient (Wildman–Crippen LogP) is 4.09. The molecule has 0 saturated carbocycles. The number of halogens is 2. The van der Waals surface area contributed by atoms with E-state index in [1.54, 1.807) is 12.3 Å². The smallest absolute Gasteiger partial charge is 0.0760 e. The molecule has 1 heterocycles. The van der Waals surface area contributed by atoms with E-state index in [-0.39, 0.29) is 6.04 Å². The van der Waals surface area contributed by atoms with Crippen molar-refractivity contribution in [2.45, 2.75) is 32.7 Å². The van der Waals surface area contributed by atoms with E-state index in [2.05, 4.69) is 24.1 Å². The van der Waals surface area contributed by atoms with Gasteiger partial charge in [0, 0.05) is 6.20 Å². The van der Waals surface area contributed by atoms with Crippen LogP contribution in [0.4, 0.5) is 0 Å². The van der Waals surface area contributed by atoms with Crippen molar-refractivity contribution in [3.05, 3.63) is 28.0 Å². The summed E-state index contributed by atoms with van der Waals surface area (Å²) in [7, 11) is 1.93. The van der Waals surface area contributed by atoms with Gasteiger partial charge in [0.05, 0.1) is 21.8 Å². The van der Waals surface area contributed by atoms with E-state index in [1.165, 1.54) is 0 Å². The minimum absolute atomic E-state index is 0.201. The zero-order chi connectivity index (χ0) is 12.1. The Morgan fingerprint density at radius 3 is 2.50 bits per heavy atom. The highest BCUT2D eigenvalue weighted by molar-refractivity contribution is 6.34. The summed E-state index contributed by atoms with van der Waals surface area (Å²) in [6.07, 6.45) is 3.82. The Morgan fingerprint density at radius 2 is 2.00 bits per heavy atom. The van der Waals surface area contributed by atoms with Crippen molar-refractivity contribution < 1.29 is 0 Å². The van der Waals surface area contributed by atoms with Crippen molar-refractivity contribution >= 4 is 23.2 Å². The summed E-state index contributed by atoms with van der Waals surface area (Å²) < 4.78 is 0. The quantitative estimate of drug-likeness (QED) is 0.863. The summed E-state index contributed by atoms with van der Waals surface area (Å²) in [6, 6.07) is 1.94. The third-order valence-corrected chi connectivity index (χ3v) is 3.06. The Kier molecular flexibility index (Phi) is 5.53. The summed E-state index contributed by atoms with van der Waals surface area (Å²) >= 11 is 12.0. The Hall–Kier alpha value is -0.310. The zero-order valence-corrected chi connectivity index (χ0v) is 11.4. The highest BCUT2D eigenvalue weighted by Gasteiger charge is 2.15. The van der Waals surface area contributed by atoms with Gasteiger partial charge < -0.3 is 5.32 Å². The summed E-state index contributed by atoms with van der Waals surface area (Å²) in [5.74, 6) is 0.682. The molecule has 0 spiro atoms. The van der Waals surface area contributed by atoms with Crippen LogP contribution in [0, 0.1) is 5.92 Å². The summed E-state index contributed by atoms with van der Waals surface area (Å²) in [5, 5.41) is 4.46. The van der Waals surface area contributed by atoms with E-state index < -0.39 is 0 Å². The minimum Gasteiger partial charge on any atom is -0.312 e. The van der Waals surface area contributed by atoms with Crippen LogP contribution in [0.3, 0.4) is 0 Å². The molecule has 0 aromatic carbocycles. The van der Waals surface area contributed by atoms with Gasteiger partial charge in [-0.3, -0.25) is 4.98 Å². The molecule has 1 aromatic heterocycles. The van der Waals surface area contributed by atoms with Gasteiger partial charge in [-0.1, -0.05) is 37.0 Å². The molecule has 16 heavy (non-hydrogen) atoms. The van der Waals surface area contributed by atoms with Crippen LogP contribution in [-0.4, -0.2) is 12.0 Å². The fourth-order valence-electron chi connectivity index (χ4n) is 1.60. The Bertz CT molecular complexity index is 340. The third kappa shape index (κ3) is 3.93. The van der Waals surface area contributed by atoms with Crippen molar-refractivity contribution in [2.75, 3.05) is 7.05 Å². The lowest BCUT2D eigenvalue weighted by molar-refractivity contribution is 0.458. The lowest BCUT2D eigenvalue weighted by atomic mass is 10.0. The monoisotopic (exact) mass is 260 g/mol. The van der Waals surface area contributed by atoms with Crippen molar-refractivity contribution in [2.24, 2.45) is 5.92 Å². The number of hydrogen-bond donors (Lipinski definition) is 1. The van der Waals surface area contributed by atoms with E-state index in [0.29, 0.717) is 16.0 Å². The van der Waals surface area contributed by atoms with Crippen molar-refractivity contribution in [1.82, 2.24) is 10.3 Å². The highest BCUT2D eigenvalue weighted by atomic mass is 35.5. The van der Waals surface area contributed by atoms with Crippen LogP contribution in [-0.2, 0) is 0 Å². The summed E-state index contributed by atoms with van der Waals surface area (Å²) in [6.45, 7) is 4.42. The molecule has 0 aliphatic rings. The number of nitrogens with zero attached hydrogens (tertiary/aromatic N) is 1. The number of pyridine rings is 1. The molecular weight excluding hydrogens is 243 g/mol. The van der Waals surface area contributed by atoms with E-state index in [0.717, 1.165) is 18.5 Å². The molecule has 0 fully saturated rings. The summed E-state index contributed by atoms with van der Waals surface area (Å²) in [5.41, 5.74) is 0.884. The van der Waals surface area contributed by atoms with Crippen LogP contribution in [0.15, 0.2) is 12.3 Å². The maximum absolute atomic E-state index is 6.13. The molecule has 0 bridgehead atoms. The maximum Gasteiger partial charge on any atom is 0.0760 e. The number of nitrogens with one attached hydrogen (secondary N) is 1. The predicted molar refractivity (Wildman–Crippen MR) is 70.1 cm³/mol. The standard InChI is InChI=1S/C12H18Cl2N2/c1-8(2)4-5-11(15-3)12-10(14)6-9(13)7-16-12/h6-8,11,15H,4-5H2,1-3H3. The minimum atomic E-state index is 0.201. The second-order valence-corrected chi connectivity index (χ2v) is 5.18. The Balaban J connectivity index is 2.78. The van der Waals surface area contributed by atoms with Crippen LogP contribution >= 0.6 is 23.2 Å². The molecule has 1 aromatic rings. The first-order valence-electron chi connectivity index (χ1n) is 5.52. The van der Waals surface area contributed by atoms with Gasteiger partial charge >= 0.3 is 0 Å². The summed E-state index contributed by atoms with van der Waals surface area (Å²) in [4.78, 5) is 4.30. The van der Waals surface area contributed by atoms with Crippen LogP contribution in [0.25, 0.3) is 0 Å². The average molecular weight is 261 g/mol.